The van der Waals surface area contributed by atoms with Crippen LogP contribution in [0.15, 0.2) is 24.3 Å². The summed E-state index contributed by atoms with van der Waals surface area (Å²) >= 11 is 1.54. The Balaban J connectivity index is 2.11. The maximum absolute atomic E-state index is 13.3. The molecule has 1 aromatic carbocycles. The largest absolute Gasteiger partial charge is 0.468 e. The van der Waals surface area contributed by atoms with E-state index in [0.717, 1.165) is 4.90 Å². The highest BCUT2D eigenvalue weighted by Crippen LogP contribution is 2.50. The van der Waals surface area contributed by atoms with Gasteiger partial charge in [0.2, 0.25) is 11.8 Å². The third-order valence-electron chi connectivity index (χ3n) is 5.35. The maximum atomic E-state index is 13.3. The van der Waals surface area contributed by atoms with Gasteiger partial charge in [0.15, 0.2) is 0 Å². The molecule has 4 atom stereocenters. The minimum Gasteiger partial charge on any atom is -0.468 e. The van der Waals surface area contributed by atoms with Gasteiger partial charge < -0.3 is 4.74 Å². The van der Waals surface area contributed by atoms with Crippen LogP contribution < -0.4 is 5.32 Å². The molecule has 0 radical (unpaired) electrons. The first kappa shape index (κ1) is 18.8. The number of methoxy groups -OCH3 is 1. The van der Waals surface area contributed by atoms with Crippen LogP contribution in [-0.4, -0.2) is 54.4 Å². The lowest BCUT2D eigenvalue weighted by molar-refractivity contribution is -0.154. The number of imide groups is 1. The van der Waals surface area contributed by atoms with Gasteiger partial charge in [0.25, 0.3) is 0 Å². The molecule has 2 fully saturated rings. The number of carbonyl (C=O) groups is 3. The molecule has 2 aliphatic heterocycles. The van der Waals surface area contributed by atoms with Crippen LogP contribution in [0.4, 0.5) is 4.39 Å². The number of nitrogens with one attached hydrogen (secondary N) is 1. The molecule has 0 aromatic heterocycles. The number of hydrogen-bond donors (Lipinski definition) is 1. The average Bonchev–Trinajstić information content (AvgIpc) is 3.10. The highest BCUT2D eigenvalue weighted by molar-refractivity contribution is 7.98. The summed E-state index contributed by atoms with van der Waals surface area (Å²) in [7, 11) is 2.71. The van der Waals surface area contributed by atoms with E-state index in [1.54, 1.807) is 23.9 Å². The van der Waals surface area contributed by atoms with Crippen LogP contribution >= 0.6 is 11.8 Å². The van der Waals surface area contributed by atoms with Gasteiger partial charge in [-0.3, -0.25) is 24.6 Å². The number of amides is 2. The number of benzene rings is 1. The van der Waals surface area contributed by atoms with Gasteiger partial charge in [0.1, 0.15) is 11.4 Å². The summed E-state index contributed by atoms with van der Waals surface area (Å²) in [5.41, 5.74) is -0.619. The topological polar surface area (TPSA) is 75.7 Å². The van der Waals surface area contributed by atoms with Crippen molar-refractivity contribution >= 4 is 29.5 Å². The van der Waals surface area contributed by atoms with Gasteiger partial charge in [-0.05, 0) is 36.1 Å². The number of rotatable bonds is 5. The first-order valence-electron chi connectivity index (χ1n) is 8.29. The minimum absolute atomic E-state index is 0.336. The number of ether oxygens (including phenoxy) is 1. The van der Waals surface area contributed by atoms with Gasteiger partial charge in [-0.2, -0.15) is 11.8 Å². The van der Waals surface area contributed by atoms with E-state index in [1.165, 1.54) is 26.3 Å². The number of halogens is 1. The van der Waals surface area contributed by atoms with Crippen LogP contribution in [0, 0.1) is 17.7 Å². The molecular formula is C18H21FN2O4S. The van der Waals surface area contributed by atoms with Crippen molar-refractivity contribution < 1.29 is 23.5 Å². The summed E-state index contributed by atoms with van der Waals surface area (Å²) in [6.07, 6.45) is 2.26. The van der Waals surface area contributed by atoms with Crippen molar-refractivity contribution in [2.24, 2.45) is 11.8 Å². The van der Waals surface area contributed by atoms with Crippen molar-refractivity contribution in [3.63, 3.8) is 0 Å². The van der Waals surface area contributed by atoms with E-state index in [2.05, 4.69) is 5.32 Å². The van der Waals surface area contributed by atoms with Crippen molar-refractivity contribution in [2.75, 3.05) is 26.2 Å². The lowest BCUT2D eigenvalue weighted by Crippen LogP contribution is -2.56. The monoisotopic (exact) mass is 380 g/mol. The molecule has 2 amide bonds. The van der Waals surface area contributed by atoms with E-state index >= 15 is 0 Å². The van der Waals surface area contributed by atoms with Crippen LogP contribution in [0.1, 0.15) is 18.0 Å². The van der Waals surface area contributed by atoms with Crippen LogP contribution in [-0.2, 0) is 19.1 Å². The first-order valence-corrected chi connectivity index (χ1v) is 9.68. The molecule has 2 saturated heterocycles. The summed E-state index contributed by atoms with van der Waals surface area (Å²) in [6.45, 7) is 0. The molecule has 3 rings (SSSR count). The summed E-state index contributed by atoms with van der Waals surface area (Å²) in [5, 5.41) is 3.23. The molecule has 2 aliphatic rings. The molecular weight excluding hydrogens is 359 g/mol. The quantitative estimate of drug-likeness (QED) is 0.614. The first-order chi connectivity index (χ1) is 12.4. The Bertz CT molecular complexity index is 741. The van der Waals surface area contributed by atoms with Gasteiger partial charge in [-0.25, -0.2) is 4.39 Å². The van der Waals surface area contributed by atoms with Gasteiger partial charge in [0, 0.05) is 13.1 Å². The summed E-state index contributed by atoms with van der Waals surface area (Å²) in [5.74, 6) is -2.61. The molecule has 26 heavy (non-hydrogen) atoms. The number of hydrogen-bond acceptors (Lipinski definition) is 6. The van der Waals surface area contributed by atoms with Crippen molar-refractivity contribution in [3.8, 4) is 0 Å². The van der Waals surface area contributed by atoms with Gasteiger partial charge in [-0.1, -0.05) is 12.1 Å². The molecule has 1 aromatic rings. The fourth-order valence-corrected chi connectivity index (χ4v) is 4.59. The molecule has 8 heteroatoms. The molecule has 1 N–H and O–H groups in total. The second-order valence-electron chi connectivity index (χ2n) is 6.62. The van der Waals surface area contributed by atoms with Crippen molar-refractivity contribution in [1.82, 2.24) is 10.2 Å². The van der Waals surface area contributed by atoms with E-state index in [9.17, 15) is 18.8 Å². The Labute approximate surface area is 155 Å². The molecule has 140 valence electrons. The maximum Gasteiger partial charge on any atom is 0.326 e. The second kappa shape index (κ2) is 7.00. The molecule has 0 unspecified atom stereocenters. The van der Waals surface area contributed by atoms with E-state index < -0.39 is 35.2 Å². The van der Waals surface area contributed by atoms with Crippen LogP contribution in [0.25, 0.3) is 0 Å². The Hall–Kier alpha value is -1.93. The molecule has 0 spiro atoms. The van der Waals surface area contributed by atoms with E-state index in [0.29, 0.717) is 17.7 Å². The average molecular weight is 380 g/mol. The van der Waals surface area contributed by atoms with Crippen LogP contribution in [0.5, 0.6) is 0 Å². The summed E-state index contributed by atoms with van der Waals surface area (Å²) in [4.78, 5) is 39.4. The fourth-order valence-electron chi connectivity index (χ4n) is 4.07. The summed E-state index contributed by atoms with van der Waals surface area (Å²) in [6, 6.07) is 5.18. The highest BCUT2D eigenvalue weighted by Gasteiger charge is 2.67. The smallest absolute Gasteiger partial charge is 0.326 e. The SMILES string of the molecule is COC(=O)[C@]1(CCSC)N[C@@H](c2ccc(F)cc2)[C@@H]2C(=O)N(C)C(=O)[C@H]21. The number of likely N-dealkylation sites (tertiary alicyclic amines) is 1. The molecule has 0 bridgehead atoms. The molecule has 0 aliphatic carbocycles. The predicted octanol–water partition coefficient (Wildman–Crippen LogP) is 1.37. The molecule has 2 heterocycles. The number of carbonyl (C=O) groups excluding carboxylic acids is 3. The van der Waals surface area contributed by atoms with Crippen molar-refractivity contribution in [3.05, 3.63) is 35.6 Å². The molecule has 0 saturated carbocycles. The van der Waals surface area contributed by atoms with E-state index in [4.69, 9.17) is 4.74 Å². The van der Waals surface area contributed by atoms with Gasteiger partial charge >= 0.3 is 5.97 Å². The van der Waals surface area contributed by atoms with Crippen molar-refractivity contribution in [2.45, 2.75) is 18.0 Å². The molecule has 6 nitrogen and oxygen atoms in total. The van der Waals surface area contributed by atoms with Gasteiger partial charge in [-0.15, -0.1) is 0 Å². The number of esters is 1. The Morgan fingerprint density at radius 3 is 2.54 bits per heavy atom. The second-order valence-corrected chi connectivity index (χ2v) is 7.60. The van der Waals surface area contributed by atoms with E-state index in [1.807, 2.05) is 6.26 Å². The Morgan fingerprint density at radius 2 is 1.96 bits per heavy atom. The standard InChI is InChI=1S/C18H21FN2O4S/c1-21-15(22)12-13(16(21)23)18(8-9-26-3,17(24)25-2)20-14(12)10-4-6-11(19)7-5-10/h4-7,12-14,20H,8-9H2,1-3H3/t12-,13+,14+,18-/m1/s1. The lowest BCUT2D eigenvalue weighted by atomic mass is 9.78. The fraction of sp³-hybridized carbons (Fsp3) is 0.500. The van der Waals surface area contributed by atoms with E-state index in [-0.39, 0.29) is 11.8 Å². The zero-order valence-corrected chi connectivity index (χ0v) is 15.6. The third kappa shape index (κ3) is 2.72. The minimum atomic E-state index is -1.28. The number of nitrogens with zero attached hydrogens (tertiary/aromatic N) is 1. The van der Waals surface area contributed by atoms with Crippen molar-refractivity contribution in [1.29, 1.82) is 0 Å². The Kier molecular flexibility index (Phi) is 5.07. The lowest BCUT2D eigenvalue weighted by Gasteiger charge is -2.32. The zero-order valence-electron chi connectivity index (χ0n) is 14.8. The summed E-state index contributed by atoms with van der Waals surface area (Å²) < 4.78 is 18.3. The number of thioether (sulfide) groups is 1. The highest BCUT2D eigenvalue weighted by atomic mass is 32.2. The van der Waals surface area contributed by atoms with Gasteiger partial charge in [0.05, 0.1) is 18.9 Å². The van der Waals surface area contributed by atoms with Crippen LogP contribution in [0.2, 0.25) is 0 Å². The number of fused-ring (bicyclic) bond motifs is 1. The predicted molar refractivity (Wildman–Crippen MR) is 94.8 cm³/mol. The Morgan fingerprint density at radius 1 is 1.31 bits per heavy atom. The third-order valence-corrected chi connectivity index (χ3v) is 5.97. The normalized spacial score (nSPS) is 30.6. The zero-order chi connectivity index (χ0) is 19.1. The van der Waals surface area contributed by atoms with Crippen LogP contribution in [0.3, 0.4) is 0 Å².